The maximum Gasteiger partial charge on any atom is 0.338 e. The zero-order valence-electron chi connectivity index (χ0n) is 20.8. The standard InChI is InChI=1S/C30H26N2O4S/c1-4-36-29(34)25-26(21-8-6-5-7-9-21)31-30-32(27(25)22-14-16-23(35-3)17-15-22)28(33)24(37-30)18-20-12-10-19(2)11-13-20/h5-18,27H,4H2,1-3H3. The number of hydrogen-bond acceptors (Lipinski definition) is 6. The topological polar surface area (TPSA) is 69.9 Å². The van der Waals surface area contributed by atoms with E-state index < -0.39 is 12.0 Å². The molecule has 6 nitrogen and oxygen atoms in total. The zero-order chi connectivity index (χ0) is 25.9. The van der Waals surface area contributed by atoms with Crippen molar-refractivity contribution in [1.82, 2.24) is 4.57 Å². The molecular weight excluding hydrogens is 484 g/mol. The van der Waals surface area contributed by atoms with Gasteiger partial charge in [0.1, 0.15) is 5.75 Å². The average molecular weight is 511 g/mol. The van der Waals surface area contributed by atoms with Crippen LogP contribution in [0.4, 0.5) is 0 Å². The van der Waals surface area contributed by atoms with Gasteiger partial charge in [-0.25, -0.2) is 9.79 Å². The number of hydrogen-bond donors (Lipinski definition) is 0. The number of nitrogens with zero attached hydrogens (tertiary/aromatic N) is 2. The number of methoxy groups -OCH3 is 1. The second kappa shape index (κ2) is 10.4. The highest BCUT2D eigenvalue weighted by atomic mass is 32.1. The summed E-state index contributed by atoms with van der Waals surface area (Å²) in [7, 11) is 1.60. The third-order valence-corrected chi connectivity index (χ3v) is 7.16. The maximum absolute atomic E-state index is 13.8. The summed E-state index contributed by atoms with van der Waals surface area (Å²) in [4.78, 5) is 32.7. The van der Waals surface area contributed by atoms with Crippen LogP contribution >= 0.6 is 11.3 Å². The van der Waals surface area contributed by atoms with Gasteiger partial charge in [-0.1, -0.05) is 83.6 Å². The van der Waals surface area contributed by atoms with Gasteiger partial charge in [0.05, 0.1) is 35.6 Å². The Bertz CT molecular complexity index is 1650. The van der Waals surface area contributed by atoms with Gasteiger partial charge in [0.2, 0.25) is 0 Å². The number of thiazole rings is 1. The molecular formula is C30H26N2O4S. The molecule has 0 aliphatic carbocycles. The van der Waals surface area contributed by atoms with E-state index in [9.17, 15) is 9.59 Å². The molecule has 0 saturated carbocycles. The third kappa shape index (κ3) is 4.78. The summed E-state index contributed by atoms with van der Waals surface area (Å²) >= 11 is 1.31. The van der Waals surface area contributed by atoms with E-state index in [0.29, 0.717) is 26.4 Å². The van der Waals surface area contributed by atoms with Gasteiger partial charge in [-0.15, -0.1) is 0 Å². The molecule has 4 aromatic rings. The fourth-order valence-corrected chi connectivity index (χ4v) is 5.36. The molecule has 7 heteroatoms. The van der Waals surface area contributed by atoms with Gasteiger partial charge in [-0.05, 0) is 43.2 Å². The Morgan fingerprint density at radius 3 is 2.38 bits per heavy atom. The minimum absolute atomic E-state index is 0.206. The zero-order valence-corrected chi connectivity index (χ0v) is 21.6. The van der Waals surface area contributed by atoms with Gasteiger partial charge in [0.25, 0.3) is 5.56 Å². The number of ether oxygens (including phenoxy) is 2. The molecule has 1 aliphatic rings. The first-order valence-corrected chi connectivity index (χ1v) is 12.8. The van der Waals surface area contributed by atoms with Crippen molar-refractivity contribution < 1.29 is 14.3 Å². The Morgan fingerprint density at radius 1 is 1.03 bits per heavy atom. The van der Waals surface area contributed by atoms with Crippen molar-refractivity contribution in [2.45, 2.75) is 19.9 Å². The lowest BCUT2D eigenvalue weighted by atomic mass is 9.93. The first-order chi connectivity index (χ1) is 18.0. The molecule has 186 valence electrons. The van der Waals surface area contributed by atoms with Crippen molar-refractivity contribution in [3.05, 3.63) is 126 Å². The van der Waals surface area contributed by atoms with Crippen LogP contribution in [0.3, 0.4) is 0 Å². The molecule has 37 heavy (non-hydrogen) atoms. The minimum Gasteiger partial charge on any atom is -0.497 e. The summed E-state index contributed by atoms with van der Waals surface area (Å²) in [5.74, 6) is 0.180. The predicted octanol–water partition coefficient (Wildman–Crippen LogP) is 4.25. The van der Waals surface area contributed by atoms with Gasteiger partial charge in [-0.2, -0.15) is 0 Å². The number of aryl methyl sites for hydroxylation is 1. The van der Waals surface area contributed by atoms with Gasteiger partial charge >= 0.3 is 5.97 Å². The minimum atomic E-state index is -0.711. The van der Waals surface area contributed by atoms with Crippen LogP contribution in [-0.4, -0.2) is 24.3 Å². The normalized spacial score (nSPS) is 15.2. The lowest BCUT2D eigenvalue weighted by molar-refractivity contribution is -0.138. The predicted molar refractivity (Wildman–Crippen MR) is 145 cm³/mol. The summed E-state index contributed by atoms with van der Waals surface area (Å²) in [6.45, 7) is 3.99. The van der Waals surface area contributed by atoms with Gasteiger partial charge in [0.15, 0.2) is 4.80 Å². The second-order valence-corrected chi connectivity index (χ2v) is 9.62. The first kappa shape index (κ1) is 24.5. The number of aromatic nitrogens is 1. The summed E-state index contributed by atoms with van der Waals surface area (Å²) < 4.78 is 13.0. The number of esters is 1. The lowest BCUT2D eigenvalue weighted by Gasteiger charge is -2.26. The van der Waals surface area contributed by atoms with Crippen LogP contribution in [-0.2, 0) is 9.53 Å². The molecule has 1 unspecified atom stereocenters. The van der Waals surface area contributed by atoms with E-state index in [-0.39, 0.29) is 12.2 Å². The molecule has 3 aromatic carbocycles. The highest BCUT2D eigenvalue weighted by Crippen LogP contribution is 2.35. The Kier molecular flexibility index (Phi) is 6.88. The highest BCUT2D eigenvalue weighted by Gasteiger charge is 2.35. The molecule has 2 heterocycles. The molecule has 1 atom stereocenters. The van der Waals surface area contributed by atoms with E-state index in [0.717, 1.165) is 22.3 Å². The molecule has 0 N–H and O–H groups in total. The van der Waals surface area contributed by atoms with Crippen LogP contribution < -0.4 is 19.6 Å². The van der Waals surface area contributed by atoms with Crippen LogP contribution in [0.25, 0.3) is 11.8 Å². The number of carbonyl (C=O) groups excluding carboxylic acids is 1. The number of fused-ring (bicyclic) bond motifs is 1. The largest absolute Gasteiger partial charge is 0.497 e. The second-order valence-electron chi connectivity index (χ2n) is 8.62. The van der Waals surface area contributed by atoms with E-state index in [4.69, 9.17) is 14.5 Å². The van der Waals surface area contributed by atoms with Crippen LogP contribution in [0.5, 0.6) is 5.75 Å². The number of rotatable bonds is 6. The fourth-order valence-electron chi connectivity index (χ4n) is 4.36. The van der Waals surface area contributed by atoms with E-state index in [1.807, 2.05) is 91.9 Å². The SMILES string of the molecule is CCOC(=O)C1=C(c2ccccc2)N=c2sc(=Cc3ccc(C)cc3)c(=O)n2C1c1ccc(OC)cc1. The number of benzene rings is 3. The maximum atomic E-state index is 13.8. The molecule has 0 spiro atoms. The van der Waals surface area contributed by atoms with Crippen molar-refractivity contribution in [1.29, 1.82) is 0 Å². The lowest BCUT2D eigenvalue weighted by Crippen LogP contribution is -2.40. The molecule has 0 fully saturated rings. The first-order valence-electron chi connectivity index (χ1n) is 12.0. The Morgan fingerprint density at radius 2 is 1.73 bits per heavy atom. The fraction of sp³-hybridized carbons (Fsp3) is 0.167. The summed E-state index contributed by atoms with van der Waals surface area (Å²) in [5, 5.41) is 0. The van der Waals surface area contributed by atoms with Crippen molar-refractivity contribution in [2.75, 3.05) is 13.7 Å². The van der Waals surface area contributed by atoms with E-state index >= 15 is 0 Å². The van der Waals surface area contributed by atoms with Crippen LogP contribution in [0.1, 0.15) is 35.2 Å². The van der Waals surface area contributed by atoms with Crippen molar-refractivity contribution >= 4 is 29.1 Å². The van der Waals surface area contributed by atoms with E-state index in [2.05, 4.69) is 0 Å². The summed E-state index contributed by atoms with van der Waals surface area (Å²) in [6.07, 6.45) is 1.87. The summed E-state index contributed by atoms with van der Waals surface area (Å²) in [5.41, 5.74) is 4.22. The quantitative estimate of drug-likeness (QED) is 0.364. The highest BCUT2D eigenvalue weighted by molar-refractivity contribution is 7.07. The van der Waals surface area contributed by atoms with Crippen molar-refractivity contribution in [3.8, 4) is 5.75 Å². The summed E-state index contributed by atoms with van der Waals surface area (Å²) in [6, 6.07) is 24.2. The molecule has 1 aromatic heterocycles. The van der Waals surface area contributed by atoms with Crippen LogP contribution in [0.15, 0.2) is 94.2 Å². The van der Waals surface area contributed by atoms with E-state index in [1.54, 1.807) is 18.6 Å². The monoisotopic (exact) mass is 510 g/mol. The van der Waals surface area contributed by atoms with Crippen molar-refractivity contribution in [2.24, 2.45) is 4.99 Å². The molecule has 5 rings (SSSR count). The van der Waals surface area contributed by atoms with Crippen LogP contribution in [0.2, 0.25) is 0 Å². The molecule has 0 radical (unpaired) electrons. The third-order valence-electron chi connectivity index (χ3n) is 6.18. The molecule has 1 aliphatic heterocycles. The van der Waals surface area contributed by atoms with Crippen molar-refractivity contribution in [3.63, 3.8) is 0 Å². The molecule has 0 amide bonds. The van der Waals surface area contributed by atoms with Gasteiger partial charge in [0, 0.05) is 5.56 Å². The molecule has 0 bridgehead atoms. The van der Waals surface area contributed by atoms with Crippen LogP contribution in [0, 0.1) is 6.92 Å². The smallest absolute Gasteiger partial charge is 0.338 e. The number of carbonyl (C=O) groups is 1. The molecule has 0 saturated heterocycles. The van der Waals surface area contributed by atoms with E-state index in [1.165, 1.54) is 11.3 Å². The Hall–Kier alpha value is -4.23. The Balaban J connectivity index is 1.81. The Labute approximate surface area is 218 Å². The van der Waals surface area contributed by atoms with Gasteiger partial charge in [-0.3, -0.25) is 9.36 Å². The van der Waals surface area contributed by atoms with Gasteiger partial charge < -0.3 is 9.47 Å². The average Bonchev–Trinajstić information content (AvgIpc) is 3.24.